The zero-order valence-electron chi connectivity index (χ0n) is 16.5. The summed E-state index contributed by atoms with van der Waals surface area (Å²) in [6, 6.07) is 5.55. The van der Waals surface area contributed by atoms with Gasteiger partial charge in [-0.1, -0.05) is 13.8 Å². The molecule has 0 radical (unpaired) electrons. The summed E-state index contributed by atoms with van der Waals surface area (Å²) in [6.07, 6.45) is 1.64. The molecule has 0 N–H and O–H groups in total. The van der Waals surface area contributed by atoms with E-state index in [0.717, 1.165) is 30.4 Å². The summed E-state index contributed by atoms with van der Waals surface area (Å²) in [7, 11) is 0. The second-order valence-corrected chi connectivity index (χ2v) is 6.95. The Balaban J connectivity index is 1.70. The number of rotatable bonds is 5. The summed E-state index contributed by atoms with van der Waals surface area (Å²) in [4.78, 5) is 30.4. The molecule has 144 valence electrons. The third-order valence-electron chi connectivity index (χ3n) is 4.55. The first kappa shape index (κ1) is 19.1. The fourth-order valence-corrected chi connectivity index (χ4v) is 3.11. The van der Waals surface area contributed by atoms with E-state index < -0.39 is 0 Å². The van der Waals surface area contributed by atoms with Crippen molar-refractivity contribution in [3.05, 3.63) is 41.5 Å². The second kappa shape index (κ2) is 8.33. The number of piperazine rings is 1. The molecule has 0 aliphatic carbocycles. The number of carbonyl (C=O) groups excluding carboxylic acids is 1. The van der Waals surface area contributed by atoms with Crippen LogP contribution in [0.4, 0.5) is 5.82 Å². The van der Waals surface area contributed by atoms with Crippen LogP contribution in [0.1, 0.15) is 48.6 Å². The molecule has 1 saturated heterocycles. The number of aromatic nitrogens is 3. The van der Waals surface area contributed by atoms with E-state index in [0.29, 0.717) is 31.1 Å². The molecule has 2 aromatic rings. The summed E-state index contributed by atoms with van der Waals surface area (Å²) in [6.45, 7) is 11.3. The first-order valence-electron chi connectivity index (χ1n) is 9.47. The molecule has 7 heteroatoms. The molecular weight excluding hydrogens is 342 g/mol. The van der Waals surface area contributed by atoms with Crippen LogP contribution in [0, 0.1) is 6.92 Å². The van der Waals surface area contributed by atoms with Crippen LogP contribution < -0.4 is 9.64 Å². The molecule has 0 saturated carbocycles. The van der Waals surface area contributed by atoms with Gasteiger partial charge in [0.05, 0.1) is 6.61 Å². The Hall–Kier alpha value is -2.70. The first-order valence-corrected chi connectivity index (χ1v) is 9.47. The standard InChI is InChI=1S/C20H27N5O2/c1-5-27-19-16(7-6-8-21-19)20(26)25-11-9-24(10-12-25)17-13-15(4)22-18(23-17)14(2)3/h6-8,13-14H,5,9-12H2,1-4H3. The van der Waals surface area contributed by atoms with Gasteiger partial charge in [0.2, 0.25) is 5.88 Å². The van der Waals surface area contributed by atoms with Crippen LogP contribution in [0.5, 0.6) is 5.88 Å². The minimum Gasteiger partial charge on any atom is -0.477 e. The van der Waals surface area contributed by atoms with E-state index in [1.807, 2.05) is 24.8 Å². The predicted octanol–water partition coefficient (Wildman–Crippen LogP) is 2.66. The SMILES string of the molecule is CCOc1ncccc1C(=O)N1CCN(c2cc(C)nc(C(C)C)n2)CC1. The van der Waals surface area contributed by atoms with Gasteiger partial charge in [-0.15, -0.1) is 0 Å². The lowest BCUT2D eigenvalue weighted by molar-refractivity contribution is 0.0741. The van der Waals surface area contributed by atoms with Crippen LogP contribution in [0.25, 0.3) is 0 Å². The summed E-state index contributed by atoms with van der Waals surface area (Å²) < 4.78 is 5.50. The average Bonchev–Trinajstić information content (AvgIpc) is 2.68. The molecule has 0 bridgehead atoms. The Kier molecular flexibility index (Phi) is 5.88. The number of ether oxygens (including phenoxy) is 1. The molecule has 3 rings (SSSR count). The average molecular weight is 369 g/mol. The summed E-state index contributed by atoms with van der Waals surface area (Å²) in [5.41, 5.74) is 1.49. The fourth-order valence-electron chi connectivity index (χ4n) is 3.11. The molecule has 27 heavy (non-hydrogen) atoms. The lowest BCUT2D eigenvalue weighted by Crippen LogP contribution is -2.49. The molecule has 1 amide bonds. The highest BCUT2D eigenvalue weighted by molar-refractivity contribution is 5.96. The highest BCUT2D eigenvalue weighted by atomic mass is 16.5. The summed E-state index contributed by atoms with van der Waals surface area (Å²) >= 11 is 0. The van der Waals surface area contributed by atoms with Crippen LogP contribution in [-0.4, -0.2) is 58.5 Å². The topological polar surface area (TPSA) is 71.5 Å². The van der Waals surface area contributed by atoms with Gasteiger partial charge in [0.15, 0.2) is 0 Å². The maximum Gasteiger partial charge on any atom is 0.259 e. The van der Waals surface area contributed by atoms with Crippen molar-refractivity contribution in [3.8, 4) is 5.88 Å². The van der Waals surface area contributed by atoms with E-state index in [4.69, 9.17) is 9.72 Å². The van der Waals surface area contributed by atoms with E-state index in [-0.39, 0.29) is 11.8 Å². The van der Waals surface area contributed by atoms with Gasteiger partial charge in [0, 0.05) is 50.1 Å². The number of hydrogen-bond acceptors (Lipinski definition) is 6. The van der Waals surface area contributed by atoms with E-state index >= 15 is 0 Å². The fraction of sp³-hybridized carbons (Fsp3) is 0.500. The van der Waals surface area contributed by atoms with Crippen molar-refractivity contribution in [3.63, 3.8) is 0 Å². The Morgan fingerprint density at radius 2 is 1.96 bits per heavy atom. The molecule has 7 nitrogen and oxygen atoms in total. The predicted molar refractivity (Wildman–Crippen MR) is 104 cm³/mol. The van der Waals surface area contributed by atoms with Gasteiger partial charge >= 0.3 is 0 Å². The maximum atomic E-state index is 12.9. The van der Waals surface area contributed by atoms with Gasteiger partial charge in [-0.25, -0.2) is 15.0 Å². The van der Waals surface area contributed by atoms with Crippen LogP contribution in [0.2, 0.25) is 0 Å². The lowest BCUT2D eigenvalue weighted by atomic mass is 10.2. The van der Waals surface area contributed by atoms with Crippen molar-refractivity contribution >= 4 is 11.7 Å². The number of anilines is 1. The van der Waals surface area contributed by atoms with Gasteiger partial charge in [-0.05, 0) is 26.0 Å². The van der Waals surface area contributed by atoms with E-state index in [1.54, 1.807) is 18.3 Å². The zero-order chi connectivity index (χ0) is 19.4. The highest BCUT2D eigenvalue weighted by Gasteiger charge is 2.25. The molecule has 0 unspecified atom stereocenters. The third kappa shape index (κ3) is 4.35. The number of carbonyl (C=O) groups is 1. The molecule has 0 aromatic carbocycles. The Bertz CT molecular complexity index is 801. The minimum absolute atomic E-state index is 0.0343. The van der Waals surface area contributed by atoms with Gasteiger partial charge in [0.1, 0.15) is 17.2 Å². The maximum absolute atomic E-state index is 12.9. The minimum atomic E-state index is -0.0343. The van der Waals surface area contributed by atoms with Gasteiger partial charge in [0.25, 0.3) is 5.91 Å². The number of aryl methyl sites for hydroxylation is 1. The number of amides is 1. The molecule has 1 fully saturated rings. The first-order chi connectivity index (χ1) is 13.0. The van der Waals surface area contributed by atoms with Crippen LogP contribution in [-0.2, 0) is 0 Å². The third-order valence-corrected chi connectivity index (χ3v) is 4.55. The van der Waals surface area contributed by atoms with Crippen molar-refractivity contribution < 1.29 is 9.53 Å². The van der Waals surface area contributed by atoms with E-state index in [2.05, 4.69) is 28.7 Å². The Labute approximate surface area is 160 Å². The Morgan fingerprint density at radius 1 is 1.22 bits per heavy atom. The largest absolute Gasteiger partial charge is 0.477 e. The molecule has 1 aliphatic rings. The van der Waals surface area contributed by atoms with Gasteiger partial charge < -0.3 is 14.5 Å². The monoisotopic (exact) mass is 369 g/mol. The van der Waals surface area contributed by atoms with Crippen LogP contribution in [0.3, 0.4) is 0 Å². The van der Waals surface area contributed by atoms with E-state index in [9.17, 15) is 4.79 Å². The van der Waals surface area contributed by atoms with Crippen LogP contribution in [0.15, 0.2) is 24.4 Å². The second-order valence-electron chi connectivity index (χ2n) is 6.95. The van der Waals surface area contributed by atoms with Crippen molar-refractivity contribution in [2.24, 2.45) is 0 Å². The zero-order valence-corrected chi connectivity index (χ0v) is 16.5. The van der Waals surface area contributed by atoms with Crippen molar-refractivity contribution in [2.45, 2.75) is 33.6 Å². The molecule has 0 spiro atoms. The molecule has 0 atom stereocenters. The summed E-state index contributed by atoms with van der Waals surface area (Å²) in [5.74, 6) is 2.46. The quantitative estimate of drug-likeness (QED) is 0.807. The van der Waals surface area contributed by atoms with Crippen molar-refractivity contribution in [2.75, 3.05) is 37.7 Å². The van der Waals surface area contributed by atoms with E-state index in [1.165, 1.54) is 0 Å². The number of nitrogens with zero attached hydrogens (tertiary/aromatic N) is 5. The molecule has 2 aromatic heterocycles. The number of hydrogen-bond donors (Lipinski definition) is 0. The molecule has 3 heterocycles. The van der Waals surface area contributed by atoms with Gasteiger partial charge in [-0.3, -0.25) is 4.79 Å². The van der Waals surface area contributed by atoms with Gasteiger partial charge in [-0.2, -0.15) is 0 Å². The lowest BCUT2D eigenvalue weighted by Gasteiger charge is -2.35. The van der Waals surface area contributed by atoms with Crippen molar-refractivity contribution in [1.82, 2.24) is 19.9 Å². The van der Waals surface area contributed by atoms with Crippen LogP contribution >= 0.6 is 0 Å². The molecule has 1 aliphatic heterocycles. The number of pyridine rings is 1. The summed E-state index contributed by atoms with van der Waals surface area (Å²) in [5, 5.41) is 0. The Morgan fingerprint density at radius 3 is 2.63 bits per heavy atom. The smallest absolute Gasteiger partial charge is 0.259 e. The highest BCUT2D eigenvalue weighted by Crippen LogP contribution is 2.21. The normalized spacial score (nSPS) is 14.6. The van der Waals surface area contributed by atoms with Crippen molar-refractivity contribution in [1.29, 1.82) is 0 Å². The molecular formula is C20H27N5O2.